The summed E-state index contributed by atoms with van der Waals surface area (Å²) in [5.41, 5.74) is 1.49. The lowest BCUT2D eigenvalue weighted by atomic mass is 10.3. The number of hydrogen-bond donors (Lipinski definition) is 0. The van der Waals surface area contributed by atoms with Crippen molar-refractivity contribution in [2.24, 2.45) is 0 Å². The minimum absolute atomic E-state index is 0.303. The average Bonchev–Trinajstić information content (AvgIpc) is 2.86. The van der Waals surface area contributed by atoms with Crippen LogP contribution in [0.25, 0.3) is 0 Å². The molecule has 0 spiro atoms. The fourth-order valence-electron chi connectivity index (χ4n) is 1.65. The van der Waals surface area contributed by atoms with E-state index in [-0.39, 0.29) is 0 Å². The summed E-state index contributed by atoms with van der Waals surface area (Å²) < 4.78 is 10.3. The lowest BCUT2D eigenvalue weighted by molar-refractivity contribution is 0.121. The van der Waals surface area contributed by atoms with E-state index in [9.17, 15) is 9.59 Å². The predicted octanol–water partition coefficient (Wildman–Crippen LogP) is 0.580. The zero-order valence-corrected chi connectivity index (χ0v) is 8.97. The van der Waals surface area contributed by atoms with Crippen molar-refractivity contribution in [3.8, 4) is 0 Å². The first-order valence-corrected chi connectivity index (χ1v) is 4.64. The number of carbonyl (C=O) groups excluding carboxylic acids is 2. The monoisotopic (exact) mass is 225 g/mol. The van der Waals surface area contributed by atoms with E-state index in [1.54, 1.807) is 6.20 Å². The van der Waals surface area contributed by atoms with E-state index in [1.807, 2.05) is 0 Å². The van der Waals surface area contributed by atoms with Crippen LogP contribution in [0.1, 0.15) is 11.3 Å². The van der Waals surface area contributed by atoms with Gasteiger partial charge in [0.2, 0.25) is 0 Å². The zero-order valence-electron chi connectivity index (χ0n) is 8.97. The van der Waals surface area contributed by atoms with Crippen molar-refractivity contribution in [2.75, 3.05) is 14.2 Å². The number of hydrogen-bond acceptors (Lipinski definition) is 5. The standard InChI is InChI=1S/C9H11N3O4/c1-15-8(13)11-4-6-3-10-12(7(6)5-11)9(14)16-2/h3H,4-5H2,1-2H3. The summed E-state index contributed by atoms with van der Waals surface area (Å²) in [6, 6.07) is 0. The van der Waals surface area contributed by atoms with Gasteiger partial charge in [0.1, 0.15) is 0 Å². The molecular weight excluding hydrogens is 214 g/mol. The maximum absolute atomic E-state index is 11.3. The molecule has 1 aromatic heterocycles. The second kappa shape index (κ2) is 3.84. The first-order valence-electron chi connectivity index (χ1n) is 4.64. The molecule has 0 N–H and O–H groups in total. The second-order valence-corrected chi connectivity index (χ2v) is 3.32. The quantitative estimate of drug-likeness (QED) is 0.645. The maximum atomic E-state index is 11.3. The highest BCUT2D eigenvalue weighted by Crippen LogP contribution is 2.22. The van der Waals surface area contributed by atoms with Crippen molar-refractivity contribution in [3.63, 3.8) is 0 Å². The number of fused-ring (bicyclic) bond motifs is 1. The maximum Gasteiger partial charge on any atom is 0.434 e. The normalized spacial score (nSPS) is 13.5. The Hall–Kier alpha value is -2.05. The number of rotatable bonds is 0. The number of nitrogens with zero attached hydrogens (tertiary/aromatic N) is 3. The Balaban J connectivity index is 2.22. The highest BCUT2D eigenvalue weighted by molar-refractivity contribution is 5.72. The summed E-state index contributed by atoms with van der Waals surface area (Å²) in [5.74, 6) is 0. The molecule has 7 heteroatoms. The third kappa shape index (κ3) is 1.50. The molecule has 1 amide bonds. The molecule has 1 aliphatic heterocycles. The van der Waals surface area contributed by atoms with E-state index < -0.39 is 12.2 Å². The Morgan fingerprint density at radius 3 is 2.56 bits per heavy atom. The van der Waals surface area contributed by atoms with Crippen molar-refractivity contribution >= 4 is 12.2 Å². The van der Waals surface area contributed by atoms with Gasteiger partial charge in [0.05, 0.1) is 39.2 Å². The molecule has 1 aromatic rings. The van der Waals surface area contributed by atoms with Gasteiger partial charge in [-0.1, -0.05) is 0 Å². The molecule has 0 fully saturated rings. The van der Waals surface area contributed by atoms with Gasteiger partial charge in [0.15, 0.2) is 0 Å². The highest BCUT2D eigenvalue weighted by Gasteiger charge is 2.29. The first kappa shape index (κ1) is 10.5. The van der Waals surface area contributed by atoms with Crippen LogP contribution in [-0.2, 0) is 22.6 Å². The van der Waals surface area contributed by atoms with Gasteiger partial charge < -0.3 is 9.47 Å². The van der Waals surface area contributed by atoms with E-state index in [0.717, 1.165) is 10.2 Å². The van der Waals surface area contributed by atoms with Crippen LogP contribution in [-0.4, -0.2) is 41.1 Å². The molecule has 1 aliphatic rings. The van der Waals surface area contributed by atoms with Gasteiger partial charge in [-0.05, 0) is 0 Å². The number of aromatic nitrogens is 2. The Labute approximate surface area is 91.5 Å². The molecule has 0 unspecified atom stereocenters. The van der Waals surface area contributed by atoms with E-state index >= 15 is 0 Å². The summed E-state index contributed by atoms with van der Waals surface area (Å²) in [6.45, 7) is 0.704. The molecule has 16 heavy (non-hydrogen) atoms. The van der Waals surface area contributed by atoms with E-state index in [1.165, 1.54) is 19.1 Å². The third-order valence-corrected chi connectivity index (χ3v) is 2.44. The van der Waals surface area contributed by atoms with Crippen LogP contribution >= 0.6 is 0 Å². The minimum atomic E-state index is -0.562. The van der Waals surface area contributed by atoms with Crippen LogP contribution in [0.5, 0.6) is 0 Å². The van der Waals surface area contributed by atoms with E-state index in [2.05, 4.69) is 14.6 Å². The fourth-order valence-corrected chi connectivity index (χ4v) is 1.65. The van der Waals surface area contributed by atoms with Crippen molar-refractivity contribution in [3.05, 3.63) is 17.5 Å². The summed E-state index contributed by atoms with van der Waals surface area (Å²) in [5, 5.41) is 3.89. The number of amides is 1. The van der Waals surface area contributed by atoms with Gasteiger partial charge in [-0.15, -0.1) is 0 Å². The number of methoxy groups -OCH3 is 2. The Morgan fingerprint density at radius 2 is 1.94 bits per heavy atom. The van der Waals surface area contributed by atoms with Crippen LogP contribution < -0.4 is 0 Å². The molecule has 2 heterocycles. The molecule has 0 bridgehead atoms. The van der Waals surface area contributed by atoms with E-state index in [4.69, 9.17) is 0 Å². The van der Waals surface area contributed by atoms with Crippen LogP contribution in [0.3, 0.4) is 0 Å². The lowest BCUT2D eigenvalue weighted by Crippen LogP contribution is -2.26. The molecule has 0 radical (unpaired) electrons. The summed E-state index contributed by atoms with van der Waals surface area (Å²) in [4.78, 5) is 24.1. The van der Waals surface area contributed by atoms with Gasteiger partial charge in [-0.25, -0.2) is 9.59 Å². The van der Waals surface area contributed by atoms with Gasteiger partial charge in [-0.3, -0.25) is 4.90 Å². The molecule has 0 atom stereocenters. The molecule has 86 valence electrons. The van der Waals surface area contributed by atoms with Crippen molar-refractivity contribution in [2.45, 2.75) is 13.1 Å². The number of ether oxygens (including phenoxy) is 2. The van der Waals surface area contributed by atoms with Gasteiger partial charge in [0, 0.05) is 5.56 Å². The Kier molecular flexibility index (Phi) is 2.51. The van der Waals surface area contributed by atoms with Crippen LogP contribution in [0.2, 0.25) is 0 Å². The van der Waals surface area contributed by atoms with E-state index in [0.29, 0.717) is 18.8 Å². The molecule has 0 aliphatic carbocycles. The second-order valence-electron chi connectivity index (χ2n) is 3.32. The summed E-state index contributed by atoms with van der Waals surface area (Å²) in [6.07, 6.45) is 0.565. The number of carbonyl (C=O) groups is 2. The smallest absolute Gasteiger partial charge is 0.434 e. The van der Waals surface area contributed by atoms with Gasteiger partial charge in [-0.2, -0.15) is 9.78 Å². The molecule has 0 saturated heterocycles. The van der Waals surface area contributed by atoms with Crippen LogP contribution in [0.4, 0.5) is 9.59 Å². The van der Waals surface area contributed by atoms with Crippen LogP contribution in [0, 0.1) is 0 Å². The van der Waals surface area contributed by atoms with Gasteiger partial charge >= 0.3 is 12.2 Å². The van der Waals surface area contributed by atoms with Crippen molar-refractivity contribution in [1.82, 2.24) is 14.7 Å². The Bertz CT molecular complexity index is 440. The molecule has 2 rings (SSSR count). The first-order chi connectivity index (χ1) is 7.67. The van der Waals surface area contributed by atoms with Gasteiger partial charge in [0.25, 0.3) is 0 Å². The van der Waals surface area contributed by atoms with Crippen LogP contribution in [0.15, 0.2) is 6.20 Å². The largest absolute Gasteiger partial charge is 0.453 e. The lowest BCUT2D eigenvalue weighted by Gasteiger charge is -2.13. The highest BCUT2D eigenvalue weighted by atomic mass is 16.5. The van der Waals surface area contributed by atoms with Crippen molar-refractivity contribution in [1.29, 1.82) is 0 Å². The predicted molar refractivity (Wildman–Crippen MR) is 51.7 cm³/mol. The molecule has 7 nitrogen and oxygen atoms in total. The summed E-state index contributed by atoms with van der Waals surface area (Å²) in [7, 11) is 2.60. The zero-order chi connectivity index (χ0) is 11.7. The topological polar surface area (TPSA) is 73.7 Å². The molecule has 0 saturated carbocycles. The average molecular weight is 225 g/mol. The molecule has 0 aromatic carbocycles. The SMILES string of the molecule is COC(=O)N1Cc2cnn(C(=O)OC)c2C1. The van der Waals surface area contributed by atoms with Crippen molar-refractivity contribution < 1.29 is 19.1 Å². The Morgan fingerprint density at radius 1 is 1.25 bits per heavy atom. The third-order valence-electron chi connectivity index (χ3n) is 2.44. The fraction of sp³-hybridized carbons (Fsp3) is 0.444. The molecular formula is C9H11N3O4. The minimum Gasteiger partial charge on any atom is -0.453 e. The summed E-state index contributed by atoms with van der Waals surface area (Å²) >= 11 is 0.